The number of carbonyl (C=O) groups excluding carboxylic acids is 1. The van der Waals surface area contributed by atoms with Crippen LogP contribution in [0.3, 0.4) is 0 Å². The molecule has 0 unspecified atom stereocenters. The van der Waals surface area contributed by atoms with Crippen molar-refractivity contribution in [2.75, 3.05) is 0 Å². The Morgan fingerprint density at radius 3 is 2.69 bits per heavy atom. The molecule has 5 nitrogen and oxygen atoms in total. The van der Waals surface area contributed by atoms with Gasteiger partial charge in [-0.2, -0.15) is 0 Å². The van der Waals surface area contributed by atoms with Gasteiger partial charge in [-0.1, -0.05) is 23.7 Å². The topological polar surface area (TPSA) is 56.5 Å². The minimum atomic E-state index is -0.503. The van der Waals surface area contributed by atoms with Crippen LogP contribution in [0.4, 0.5) is 4.39 Å². The summed E-state index contributed by atoms with van der Waals surface area (Å²) >= 11 is 6.25. The Hall–Kier alpha value is -2.99. The number of rotatable bonds is 3. The zero-order valence-electron chi connectivity index (χ0n) is 16.2. The van der Waals surface area contributed by atoms with Crippen LogP contribution in [0.2, 0.25) is 5.02 Å². The number of aromatic nitrogens is 2. The van der Waals surface area contributed by atoms with Crippen molar-refractivity contribution in [1.29, 1.82) is 0 Å². The van der Waals surface area contributed by atoms with Crippen LogP contribution in [0.1, 0.15) is 47.0 Å². The normalized spacial score (nSPS) is 12.8. The van der Waals surface area contributed by atoms with Crippen LogP contribution in [-0.4, -0.2) is 27.3 Å². The number of hydrogen-bond acceptors (Lipinski definition) is 4. The van der Waals surface area contributed by atoms with Crippen molar-refractivity contribution in [1.82, 2.24) is 9.55 Å². The maximum absolute atomic E-state index is 14.6. The van der Waals surface area contributed by atoms with Crippen molar-refractivity contribution < 1.29 is 13.9 Å². The predicted molar refractivity (Wildman–Crippen MR) is 110 cm³/mol. The molecule has 4 rings (SSSR count). The molecule has 2 aromatic carbocycles. The van der Waals surface area contributed by atoms with Crippen molar-refractivity contribution in [2.45, 2.75) is 33.4 Å². The van der Waals surface area contributed by atoms with Gasteiger partial charge in [0, 0.05) is 16.1 Å². The van der Waals surface area contributed by atoms with Crippen LogP contribution in [0.25, 0.3) is 5.69 Å². The highest BCUT2D eigenvalue weighted by Gasteiger charge is 2.28. The third kappa shape index (κ3) is 3.44. The highest BCUT2D eigenvalue weighted by molar-refractivity contribution is 6.31. The van der Waals surface area contributed by atoms with E-state index in [4.69, 9.17) is 16.3 Å². The Bertz CT molecular complexity index is 1150. The van der Waals surface area contributed by atoms with Gasteiger partial charge in [0.1, 0.15) is 11.6 Å². The molecule has 0 saturated carbocycles. The number of fused-ring (bicyclic) bond motifs is 3. The Balaban J connectivity index is 1.96. The van der Waals surface area contributed by atoms with Gasteiger partial charge in [-0.15, -0.1) is 0 Å². The zero-order chi connectivity index (χ0) is 20.7. The standard InChI is InChI=1S/C22H19ClFN3O2/c1-12(2)29-22(28)21-19-11-25-20(15-6-4-5-7-17(15)24)16-10-14(23)8-9-18(16)27(19)13(3)26-21/h4-10,12H,11H2,1-3H3. The summed E-state index contributed by atoms with van der Waals surface area (Å²) in [6.07, 6.45) is -0.269. The molecular formula is C22H19ClFN3O2. The van der Waals surface area contributed by atoms with Crippen molar-refractivity contribution in [2.24, 2.45) is 4.99 Å². The molecule has 1 aliphatic heterocycles. The highest BCUT2D eigenvalue weighted by Crippen LogP contribution is 2.31. The molecule has 0 N–H and O–H groups in total. The number of imidazole rings is 1. The zero-order valence-corrected chi connectivity index (χ0v) is 17.0. The van der Waals surface area contributed by atoms with E-state index in [-0.39, 0.29) is 24.2 Å². The second-order valence-electron chi connectivity index (χ2n) is 7.05. The molecule has 148 valence electrons. The highest BCUT2D eigenvalue weighted by atomic mass is 35.5. The van der Waals surface area contributed by atoms with E-state index in [0.29, 0.717) is 33.4 Å². The molecule has 1 aliphatic rings. The molecule has 0 radical (unpaired) electrons. The summed E-state index contributed by atoms with van der Waals surface area (Å²) in [6.45, 7) is 5.53. The van der Waals surface area contributed by atoms with E-state index < -0.39 is 5.97 Å². The molecule has 0 fully saturated rings. The summed E-state index contributed by atoms with van der Waals surface area (Å²) in [6, 6.07) is 11.8. The van der Waals surface area contributed by atoms with E-state index in [0.717, 1.165) is 5.69 Å². The van der Waals surface area contributed by atoms with Crippen LogP contribution < -0.4 is 0 Å². The number of hydrogen-bond donors (Lipinski definition) is 0. The summed E-state index contributed by atoms with van der Waals surface area (Å²) in [4.78, 5) is 21.7. The van der Waals surface area contributed by atoms with Crippen LogP contribution in [0.15, 0.2) is 47.5 Å². The van der Waals surface area contributed by atoms with Crippen LogP contribution >= 0.6 is 11.6 Å². The van der Waals surface area contributed by atoms with Gasteiger partial charge in [0.15, 0.2) is 5.69 Å². The number of esters is 1. The largest absolute Gasteiger partial charge is 0.458 e. The number of aliphatic imine (C=N–C) groups is 1. The Morgan fingerprint density at radius 1 is 1.21 bits per heavy atom. The van der Waals surface area contributed by atoms with Gasteiger partial charge in [0.05, 0.1) is 29.7 Å². The number of aryl methyl sites for hydroxylation is 1. The van der Waals surface area contributed by atoms with E-state index in [1.54, 1.807) is 44.2 Å². The summed E-state index contributed by atoms with van der Waals surface area (Å²) in [5, 5.41) is 0.508. The van der Waals surface area contributed by atoms with Gasteiger partial charge in [0.2, 0.25) is 0 Å². The maximum Gasteiger partial charge on any atom is 0.359 e. The fraction of sp³-hybridized carbons (Fsp3) is 0.227. The number of halogens is 2. The number of carbonyl (C=O) groups is 1. The van der Waals surface area contributed by atoms with Crippen LogP contribution in [0, 0.1) is 12.7 Å². The first-order chi connectivity index (χ1) is 13.9. The lowest BCUT2D eigenvalue weighted by molar-refractivity contribution is 0.0370. The first-order valence-corrected chi connectivity index (χ1v) is 9.63. The lowest BCUT2D eigenvalue weighted by atomic mass is 10.00. The van der Waals surface area contributed by atoms with Crippen molar-refractivity contribution in [3.63, 3.8) is 0 Å². The van der Waals surface area contributed by atoms with Gasteiger partial charge in [-0.05, 0) is 51.1 Å². The molecule has 0 spiro atoms. The van der Waals surface area contributed by atoms with Crippen molar-refractivity contribution >= 4 is 23.3 Å². The van der Waals surface area contributed by atoms with E-state index in [9.17, 15) is 9.18 Å². The van der Waals surface area contributed by atoms with E-state index in [1.807, 2.05) is 17.6 Å². The first kappa shape index (κ1) is 19.3. The summed E-state index contributed by atoms with van der Waals surface area (Å²) < 4.78 is 21.8. The molecule has 1 aromatic heterocycles. The minimum Gasteiger partial charge on any atom is -0.458 e. The van der Waals surface area contributed by atoms with Gasteiger partial charge >= 0.3 is 5.97 Å². The molecule has 0 atom stereocenters. The number of benzene rings is 2. The van der Waals surface area contributed by atoms with Crippen LogP contribution in [0.5, 0.6) is 0 Å². The summed E-state index contributed by atoms with van der Waals surface area (Å²) in [5.74, 6) is -0.265. The Labute approximate surface area is 172 Å². The first-order valence-electron chi connectivity index (χ1n) is 9.25. The molecule has 0 bridgehead atoms. The van der Waals surface area contributed by atoms with E-state index in [2.05, 4.69) is 9.98 Å². The van der Waals surface area contributed by atoms with Crippen molar-refractivity contribution in [3.05, 3.63) is 81.6 Å². The lowest BCUT2D eigenvalue weighted by Gasteiger charge is -2.14. The molecular weight excluding hydrogens is 393 g/mol. The molecule has 29 heavy (non-hydrogen) atoms. The monoisotopic (exact) mass is 411 g/mol. The number of ether oxygens (including phenoxy) is 1. The van der Waals surface area contributed by atoms with E-state index >= 15 is 0 Å². The van der Waals surface area contributed by atoms with Gasteiger partial charge in [0.25, 0.3) is 0 Å². The average molecular weight is 412 g/mol. The number of nitrogens with zero attached hydrogens (tertiary/aromatic N) is 3. The Kier molecular flexibility index (Phi) is 4.96. The quantitative estimate of drug-likeness (QED) is 0.576. The second-order valence-corrected chi connectivity index (χ2v) is 7.49. The molecule has 7 heteroatoms. The second kappa shape index (κ2) is 7.44. The van der Waals surface area contributed by atoms with Gasteiger partial charge in [-0.25, -0.2) is 14.2 Å². The molecule has 2 heterocycles. The van der Waals surface area contributed by atoms with Crippen molar-refractivity contribution in [3.8, 4) is 5.69 Å². The summed E-state index contributed by atoms with van der Waals surface area (Å²) in [5.41, 5.74) is 3.08. The molecule has 0 aliphatic carbocycles. The third-order valence-electron chi connectivity index (χ3n) is 4.65. The summed E-state index contributed by atoms with van der Waals surface area (Å²) in [7, 11) is 0. The molecule has 0 amide bonds. The fourth-order valence-corrected chi connectivity index (χ4v) is 3.66. The van der Waals surface area contributed by atoms with E-state index in [1.165, 1.54) is 6.07 Å². The van der Waals surface area contributed by atoms with Gasteiger partial charge < -0.3 is 4.74 Å². The smallest absolute Gasteiger partial charge is 0.359 e. The third-order valence-corrected chi connectivity index (χ3v) is 4.88. The molecule has 3 aromatic rings. The van der Waals surface area contributed by atoms with Gasteiger partial charge in [-0.3, -0.25) is 9.56 Å². The predicted octanol–water partition coefficient (Wildman–Crippen LogP) is 4.89. The SMILES string of the molecule is Cc1nc(C(=O)OC(C)C)c2n1-c1ccc(Cl)cc1C(c1ccccc1F)=NC2. The Morgan fingerprint density at radius 2 is 1.97 bits per heavy atom. The maximum atomic E-state index is 14.6. The lowest BCUT2D eigenvalue weighted by Crippen LogP contribution is -2.14. The van der Waals surface area contributed by atoms with Crippen LogP contribution in [-0.2, 0) is 11.3 Å². The minimum absolute atomic E-state index is 0.152. The molecule has 0 saturated heterocycles. The average Bonchev–Trinajstić information content (AvgIpc) is 2.90. The fourth-order valence-electron chi connectivity index (χ4n) is 3.49.